The predicted octanol–water partition coefficient (Wildman–Crippen LogP) is 2.83. The van der Waals surface area contributed by atoms with Crippen LogP contribution in [-0.2, 0) is 9.59 Å². The molecule has 4 N–H and O–H groups in total. The number of carbonyl (C=O) groups excluding carboxylic acids is 2. The van der Waals surface area contributed by atoms with Crippen molar-refractivity contribution in [1.29, 1.82) is 0 Å². The Bertz CT molecular complexity index is 516. The monoisotopic (exact) mass is 313 g/mol. The molecule has 6 heteroatoms. The second kappa shape index (κ2) is 8.00. The van der Waals surface area contributed by atoms with E-state index < -0.39 is 5.54 Å². The fourth-order valence-electron chi connectivity index (χ4n) is 1.93. The molecule has 0 saturated heterocycles. The minimum absolute atomic E-state index is 0. The molecule has 0 aliphatic rings. The van der Waals surface area contributed by atoms with E-state index in [0.717, 1.165) is 12.0 Å². The van der Waals surface area contributed by atoms with Crippen LogP contribution < -0.4 is 16.4 Å². The molecule has 1 aromatic rings. The van der Waals surface area contributed by atoms with Crippen molar-refractivity contribution in [3.8, 4) is 0 Å². The average Bonchev–Trinajstić information content (AvgIpc) is 2.32. The summed E-state index contributed by atoms with van der Waals surface area (Å²) in [6.45, 7) is 7.04. The van der Waals surface area contributed by atoms with E-state index in [-0.39, 0.29) is 24.2 Å². The van der Waals surface area contributed by atoms with Crippen LogP contribution in [0.5, 0.6) is 0 Å². The maximum atomic E-state index is 12.1. The Morgan fingerprint density at radius 2 is 1.90 bits per heavy atom. The molecule has 0 heterocycles. The molecule has 0 aliphatic carbocycles. The Hall–Kier alpha value is -1.59. The maximum absolute atomic E-state index is 12.1. The lowest BCUT2D eigenvalue weighted by atomic mass is 9.96. The SMILES string of the molecule is CCCC(C)(N)C(=O)Nc1ccc(C)c(NC(C)=O)c1.Cl. The third kappa shape index (κ3) is 5.73. The number of amides is 2. The van der Waals surface area contributed by atoms with Gasteiger partial charge in [0, 0.05) is 18.3 Å². The van der Waals surface area contributed by atoms with E-state index in [1.54, 1.807) is 19.1 Å². The molecule has 0 saturated carbocycles. The van der Waals surface area contributed by atoms with Gasteiger partial charge in [-0.15, -0.1) is 12.4 Å². The molecule has 118 valence electrons. The van der Waals surface area contributed by atoms with Gasteiger partial charge in [0.1, 0.15) is 0 Å². The number of nitrogens with two attached hydrogens (primary N) is 1. The molecule has 2 amide bonds. The van der Waals surface area contributed by atoms with Crippen LogP contribution in [-0.4, -0.2) is 17.4 Å². The summed E-state index contributed by atoms with van der Waals surface area (Å²) in [6, 6.07) is 5.37. The van der Waals surface area contributed by atoms with E-state index in [4.69, 9.17) is 5.73 Å². The van der Waals surface area contributed by atoms with Crippen LogP contribution in [0, 0.1) is 6.92 Å². The first-order chi connectivity index (χ1) is 9.26. The lowest BCUT2D eigenvalue weighted by Gasteiger charge is -2.23. The molecule has 0 bridgehead atoms. The third-order valence-corrected chi connectivity index (χ3v) is 3.09. The molecule has 21 heavy (non-hydrogen) atoms. The molecule has 0 fully saturated rings. The molecule has 0 aliphatic heterocycles. The largest absolute Gasteiger partial charge is 0.326 e. The van der Waals surface area contributed by atoms with Crippen LogP contribution in [0.2, 0.25) is 0 Å². The Balaban J connectivity index is 0.00000400. The van der Waals surface area contributed by atoms with E-state index in [9.17, 15) is 9.59 Å². The fraction of sp³-hybridized carbons (Fsp3) is 0.467. The molecule has 1 atom stereocenters. The van der Waals surface area contributed by atoms with Gasteiger partial charge >= 0.3 is 0 Å². The highest BCUT2D eigenvalue weighted by atomic mass is 35.5. The molecule has 5 nitrogen and oxygen atoms in total. The van der Waals surface area contributed by atoms with E-state index in [1.807, 2.05) is 19.9 Å². The summed E-state index contributed by atoms with van der Waals surface area (Å²) in [4.78, 5) is 23.2. The van der Waals surface area contributed by atoms with Crippen LogP contribution in [0.4, 0.5) is 11.4 Å². The van der Waals surface area contributed by atoms with Crippen LogP contribution in [0.1, 0.15) is 39.2 Å². The first-order valence-electron chi connectivity index (χ1n) is 6.75. The molecular formula is C15H24ClN3O2. The number of carbonyl (C=O) groups is 2. The smallest absolute Gasteiger partial charge is 0.244 e. The number of aryl methyl sites for hydroxylation is 1. The molecule has 0 radical (unpaired) electrons. The number of hydrogen-bond acceptors (Lipinski definition) is 3. The summed E-state index contributed by atoms with van der Waals surface area (Å²) in [5.41, 5.74) is 7.33. The number of halogens is 1. The van der Waals surface area contributed by atoms with Gasteiger partial charge in [-0.3, -0.25) is 9.59 Å². The fourth-order valence-corrected chi connectivity index (χ4v) is 1.93. The highest BCUT2D eigenvalue weighted by molar-refractivity contribution is 5.98. The van der Waals surface area contributed by atoms with Gasteiger partial charge in [0.15, 0.2) is 0 Å². The van der Waals surface area contributed by atoms with E-state index in [0.29, 0.717) is 17.8 Å². The minimum atomic E-state index is -0.895. The Labute approximate surface area is 132 Å². The van der Waals surface area contributed by atoms with Crippen molar-refractivity contribution in [3.05, 3.63) is 23.8 Å². The third-order valence-electron chi connectivity index (χ3n) is 3.09. The lowest BCUT2D eigenvalue weighted by molar-refractivity contribution is -0.120. The summed E-state index contributed by atoms with van der Waals surface area (Å²) in [5.74, 6) is -0.372. The van der Waals surface area contributed by atoms with E-state index in [2.05, 4.69) is 10.6 Å². The van der Waals surface area contributed by atoms with Crippen LogP contribution in [0.25, 0.3) is 0 Å². The summed E-state index contributed by atoms with van der Waals surface area (Å²) in [6.07, 6.45) is 1.45. The first-order valence-corrected chi connectivity index (χ1v) is 6.75. The van der Waals surface area contributed by atoms with Crippen LogP contribution >= 0.6 is 12.4 Å². The van der Waals surface area contributed by atoms with Crippen molar-refractivity contribution in [2.75, 3.05) is 10.6 Å². The van der Waals surface area contributed by atoms with Crippen LogP contribution in [0.3, 0.4) is 0 Å². The summed E-state index contributed by atoms with van der Waals surface area (Å²) >= 11 is 0. The van der Waals surface area contributed by atoms with Gasteiger partial charge in [-0.05, 0) is 38.0 Å². The molecule has 1 unspecified atom stereocenters. The van der Waals surface area contributed by atoms with Crippen LogP contribution in [0.15, 0.2) is 18.2 Å². The average molecular weight is 314 g/mol. The van der Waals surface area contributed by atoms with Gasteiger partial charge in [0.05, 0.1) is 5.54 Å². The number of hydrogen-bond donors (Lipinski definition) is 3. The zero-order valence-corrected chi connectivity index (χ0v) is 13.8. The predicted molar refractivity (Wildman–Crippen MR) is 88.9 cm³/mol. The van der Waals surface area contributed by atoms with Crippen molar-refractivity contribution < 1.29 is 9.59 Å². The number of benzene rings is 1. The van der Waals surface area contributed by atoms with Crippen molar-refractivity contribution in [3.63, 3.8) is 0 Å². The lowest BCUT2D eigenvalue weighted by Crippen LogP contribution is -2.48. The van der Waals surface area contributed by atoms with E-state index >= 15 is 0 Å². The minimum Gasteiger partial charge on any atom is -0.326 e. The quantitative estimate of drug-likeness (QED) is 0.781. The Kier molecular flexibility index (Phi) is 7.39. The Morgan fingerprint density at radius 3 is 2.43 bits per heavy atom. The van der Waals surface area contributed by atoms with Gasteiger partial charge in [-0.2, -0.15) is 0 Å². The molecule has 1 aromatic carbocycles. The Morgan fingerprint density at radius 1 is 1.29 bits per heavy atom. The summed E-state index contributed by atoms with van der Waals surface area (Å²) < 4.78 is 0. The second-order valence-electron chi connectivity index (χ2n) is 5.33. The van der Waals surface area contributed by atoms with Gasteiger partial charge in [-0.25, -0.2) is 0 Å². The number of anilines is 2. The zero-order chi connectivity index (χ0) is 15.3. The summed E-state index contributed by atoms with van der Waals surface area (Å²) in [7, 11) is 0. The van der Waals surface area contributed by atoms with Crippen molar-refractivity contribution in [2.45, 2.75) is 46.1 Å². The number of rotatable bonds is 5. The normalized spacial score (nSPS) is 12.8. The maximum Gasteiger partial charge on any atom is 0.244 e. The molecule has 0 aromatic heterocycles. The standard InChI is InChI=1S/C15H23N3O2.ClH/c1-5-8-15(4,16)14(20)18-12-7-6-10(2)13(9-12)17-11(3)19;/h6-7,9H,5,8,16H2,1-4H3,(H,17,19)(H,18,20);1H. The molecule has 0 spiro atoms. The van der Waals surface area contributed by atoms with Crippen molar-refractivity contribution in [1.82, 2.24) is 0 Å². The molecular weight excluding hydrogens is 290 g/mol. The van der Waals surface area contributed by atoms with Crippen molar-refractivity contribution in [2.24, 2.45) is 5.73 Å². The number of nitrogens with one attached hydrogen (secondary N) is 2. The highest BCUT2D eigenvalue weighted by Crippen LogP contribution is 2.21. The first kappa shape index (κ1) is 19.4. The second-order valence-corrected chi connectivity index (χ2v) is 5.33. The van der Waals surface area contributed by atoms with Gasteiger partial charge in [0.2, 0.25) is 11.8 Å². The molecule has 1 rings (SSSR count). The van der Waals surface area contributed by atoms with E-state index in [1.165, 1.54) is 6.92 Å². The topological polar surface area (TPSA) is 84.2 Å². The van der Waals surface area contributed by atoms with Crippen molar-refractivity contribution >= 4 is 35.6 Å². The van der Waals surface area contributed by atoms with Gasteiger partial charge < -0.3 is 16.4 Å². The highest BCUT2D eigenvalue weighted by Gasteiger charge is 2.27. The summed E-state index contributed by atoms with van der Waals surface area (Å²) in [5, 5.41) is 5.52. The van der Waals surface area contributed by atoms with Gasteiger partial charge in [0.25, 0.3) is 0 Å². The van der Waals surface area contributed by atoms with Gasteiger partial charge in [-0.1, -0.05) is 19.4 Å². The zero-order valence-electron chi connectivity index (χ0n) is 12.9.